The van der Waals surface area contributed by atoms with Crippen LogP contribution in [0.2, 0.25) is 0 Å². The SMILES string of the molecule is COCC(C)(N)Cc1ccc(F)cc1F. The average molecular weight is 215 g/mol. The van der Waals surface area contributed by atoms with Gasteiger partial charge < -0.3 is 10.5 Å². The summed E-state index contributed by atoms with van der Waals surface area (Å²) >= 11 is 0. The molecule has 1 unspecified atom stereocenters. The van der Waals surface area contributed by atoms with E-state index < -0.39 is 17.2 Å². The largest absolute Gasteiger partial charge is 0.383 e. The number of methoxy groups -OCH3 is 1. The maximum Gasteiger partial charge on any atom is 0.129 e. The summed E-state index contributed by atoms with van der Waals surface area (Å²) in [5.74, 6) is -1.15. The molecule has 4 heteroatoms. The normalized spacial score (nSPS) is 15.0. The van der Waals surface area contributed by atoms with Crippen molar-refractivity contribution in [1.82, 2.24) is 0 Å². The van der Waals surface area contributed by atoms with Crippen molar-refractivity contribution in [2.75, 3.05) is 13.7 Å². The second-order valence-electron chi connectivity index (χ2n) is 4.00. The summed E-state index contributed by atoms with van der Waals surface area (Å²) in [5, 5.41) is 0. The minimum atomic E-state index is -0.645. The highest BCUT2D eigenvalue weighted by atomic mass is 19.1. The Balaban J connectivity index is 2.80. The Hall–Kier alpha value is -1.00. The van der Waals surface area contributed by atoms with Crippen LogP contribution in [-0.4, -0.2) is 19.3 Å². The van der Waals surface area contributed by atoms with Gasteiger partial charge in [-0.25, -0.2) is 8.78 Å². The molecule has 0 aliphatic heterocycles. The van der Waals surface area contributed by atoms with Crippen LogP contribution in [0.15, 0.2) is 18.2 Å². The number of benzene rings is 1. The number of hydrogen-bond acceptors (Lipinski definition) is 2. The highest BCUT2D eigenvalue weighted by Crippen LogP contribution is 2.15. The zero-order valence-electron chi connectivity index (χ0n) is 8.89. The first-order chi connectivity index (χ1) is 6.94. The summed E-state index contributed by atoms with van der Waals surface area (Å²) in [6.45, 7) is 2.09. The minimum Gasteiger partial charge on any atom is -0.383 e. The monoisotopic (exact) mass is 215 g/mol. The second-order valence-corrected chi connectivity index (χ2v) is 4.00. The molecule has 0 bridgehead atoms. The van der Waals surface area contributed by atoms with E-state index in [1.165, 1.54) is 19.2 Å². The van der Waals surface area contributed by atoms with Gasteiger partial charge in [-0.15, -0.1) is 0 Å². The lowest BCUT2D eigenvalue weighted by Gasteiger charge is -2.23. The van der Waals surface area contributed by atoms with Crippen molar-refractivity contribution in [2.24, 2.45) is 5.73 Å². The van der Waals surface area contributed by atoms with Crippen molar-refractivity contribution in [2.45, 2.75) is 18.9 Å². The van der Waals surface area contributed by atoms with E-state index in [1.54, 1.807) is 6.92 Å². The van der Waals surface area contributed by atoms with Gasteiger partial charge in [0.2, 0.25) is 0 Å². The minimum absolute atomic E-state index is 0.312. The highest BCUT2D eigenvalue weighted by molar-refractivity contribution is 5.20. The van der Waals surface area contributed by atoms with Gasteiger partial charge in [0.1, 0.15) is 11.6 Å². The molecule has 0 aliphatic carbocycles. The van der Waals surface area contributed by atoms with E-state index >= 15 is 0 Å². The van der Waals surface area contributed by atoms with Crippen molar-refractivity contribution >= 4 is 0 Å². The van der Waals surface area contributed by atoms with Crippen LogP contribution in [0.5, 0.6) is 0 Å². The molecule has 0 heterocycles. The van der Waals surface area contributed by atoms with Crippen molar-refractivity contribution in [3.63, 3.8) is 0 Å². The van der Waals surface area contributed by atoms with Gasteiger partial charge in [-0.3, -0.25) is 0 Å². The fraction of sp³-hybridized carbons (Fsp3) is 0.455. The van der Waals surface area contributed by atoms with Gasteiger partial charge in [0.05, 0.1) is 6.61 Å². The lowest BCUT2D eigenvalue weighted by atomic mass is 9.94. The molecule has 0 aliphatic rings. The molecule has 2 nitrogen and oxygen atoms in total. The standard InChI is InChI=1S/C11H15F2NO/c1-11(14,7-15-2)6-8-3-4-9(12)5-10(8)13/h3-5H,6-7,14H2,1-2H3. The third-order valence-electron chi connectivity index (χ3n) is 2.08. The predicted molar refractivity (Wildman–Crippen MR) is 54.5 cm³/mol. The van der Waals surface area contributed by atoms with E-state index in [2.05, 4.69) is 0 Å². The van der Waals surface area contributed by atoms with Gasteiger partial charge >= 0.3 is 0 Å². The van der Waals surface area contributed by atoms with Gasteiger partial charge in [0.15, 0.2) is 0 Å². The van der Waals surface area contributed by atoms with Crippen LogP contribution < -0.4 is 5.73 Å². The van der Waals surface area contributed by atoms with Crippen LogP contribution in [-0.2, 0) is 11.2 Å². The van der Waals surface area contributed by atoms with Crippen molar-refractivity contribution in [1.29, 1.82) is 0 Å². The molecule has 0 fully saturated rings. The molecular weight excluding hydrogens is 200 g/mol. The third kappa shape index (κ3) is 3.57. The van der Waals surface area contributed by atoms with Crippen LogP contribution >= 0.6 is 0 Å². The van der Waals surface area contributed by atoms with Gasteiger partial charge in [0, 0.05) is 18.7 Å². The first-order valence-electron chi connectivity index (χ1n) is 4.66. The van der Waals surface area contributed by atoms with E-state index in [0.29, 0.717) is 18.6 Å². The van der Waals surface area contributed by atoms with Gasteiger partial charge in [-0.1, -0.05) is 6.07 Å². The number of halogens is 2. The van der Waals surface area contributed by atoms with Crippen LogP contribution in [0.1, 0.15) is 12.5 Å². The number of hydrogen-bond donors (Lipinski definition) is 1. The summed E-state index contributed by atoms with van der Waals surface area (Å²) < 4.78 is 30.8. The molecule has 0 spiro atoms. The molecule has 1 aromatic rings. The van der Waals surface area contributed by atoms with Gasteiger partial charge in [-0.2, -0.15) is 0 Å². The quantitative estimate of drug-likeness (QED) is 0.832. The maximum atomic E-state index is 13.3. The zero-order chi connectivity index (χ0) is 11.5. The Bertz CT molecular complexity index is 339. The van der Waals surface area contributed by atoms with E-state index in [0.717, 1.165) is 6.07 Å². The molecule has 0 saturated heterocycles. The molecule has 1 aromatic carbocycles. The number of nitrogens with two attached hydrogens (primary N) is 1. The van der Waals surface area contributed by atoms with Crippen LogP contribution in [0.25, 0.3) is 0 Å². The maximum absolute atomic E-state index is 13.3. The zero-order valence-corrected chi connectivity index (χ0v) is 8.89. The lowest BCUT2D eigenvalue weighted by Crippen LogP contribution is -2.43. The lowest BCUT2D eigenvalue weighted by molar-refractivity contribution is 0.140. The summed E-state index contributed by atoms with van der Waals surface area (Å²) in [4.78, 5) is 0. The molecule has 15 heavy (non-hydrogen) atoms. The molecule has 1 atom stereocenters. The molecule has 0 aromatic heterocycles. The molecule has 0 amide bonds. The molecule has 1 rings (SSSR count). The predicted octanol–water partition coefficient (Wildman–Crippen LogP) is 1.87. The summed E-state index contributed by atoms with van der Waals surface area (Å²) in [7, 11) is 1.53. The van der Waals surface area contributed by atoms with Gasteiger partial charge in [-0.05, 0) is 25.0 Å². The van der Waals surface area contributed by atoms with Crippen molar-refractivity contribution in [3.8, 4) is 0 Å². The molecule has 2 N–H and O–H groups in total. The molecule has 0 saturated carbocycles. The Morgan fingerprint density at radius 1 is 1.40 bits per heavy atom. The smallest absolute Gasteiger partial charge is 0.129 e. The van der Waals surface area contributed by atoms with Crippen LogP contribution in [0.3, 0.4) is 0 Å². The fourth-order valence-electron chi connectivity index (χ4n) is 1.48. The first-order valence-corrected chi connectivity index (χ1v) is 4.66. The summed E-state index contributed by atoms with van der Waals surface area (Å²) in [6, 6.07) is 3.49. The Labute approximate surface area is 88.0 Å². The topological polar surface area (TPSA) is 35.2 Å². The van der Waals surface area contributed by atoms with E-state index in [4.69, 9.17) is 10.5 Å². The van der Waals surface area contributed by atoms with E-state index in [1.807, 2.05) is 0 Å². The second kappa shape index (κ2) is 4.68. The van der Waals surface area contributed by atoms with E-state index in [9.17, 15) is 8.78 Å². The summed E-state index contributed by atoms with van der Waals surface area (Å²) in [6.07, 6.45) is 0.312. The molecular formula is C11H15F2NO. The van der Waals surface area contributed by atoms with Crippen LogP contribution in [0.4, 0.5) is 8.78 Å². The first kappa shape index (κ1) is 12.1. The molecule has 0 radical (unpaired) electrons. The average Bonchev–Trinajstić information content (AvgIpc) is 2.09. The Morgan fingerprint density at radius 2 is 2.07 bits per heavy atom. The Morgan fingerprint density at radius 3 is 2.60 bits per heavy atom. The van der Waals surface area contributed by atoms with Crippen LogP contribution in [0, 0.1) is 11.6 Å². The highest BCUT2D eigenvalue weighted by Gasteiger charge is 2.20. The van der Waals surface area contributed by atoms with E-state index in [-0.39, 0.29) is 0 Å². The summed E-state index contributed by atoms with van der Waals surface area (Å²) in [5.41, 5.74) is 5.64. The Kier molecular flexibility index (Phi) is 3.77. The van der Waals surface area contributed by atoms with Crippen molar-refractivity contribution < 1.29 is 13.5 Å². The van der Waals surface area contributed by atoms with Gasteiger partial charge in [0.25, 0.3) is 0 Å². The number of rotatable bonds is 4. The van der Waals surface area contributed by atoms with Crippen molar-refractivity contribution in [3.05, 3.63) is 35.4 Å². The fourth-order valence-corrected chi connectivity index (χ4v) is 1.48. The third-order valence-corrected chi connectivity index (χ3v) is 2.08. The molecule has 84 valence electrons. The number of ether oxygens (including phenoxy) is 1.